The number of aromatic nitrogens is 2. The van der Waals surface area contributed by atoms with Crippen LogP contribution < -0.4 is 5.73 Å². The van der Waals surface area contributed by atoms with Crippen molar-refractivity contribution in [3.8, 4) is 11.3 Å². The molecular formula is C15H17N3. The van der Waals surface area contributed by atoms with Gasteiger partial charge in [-0.1, -0.05) is 36.4 Å². The SMILES string of the molecule is C=CCn1c(C2CC2)nc(-c2ccccc2)c1N. The van der Waals surface area contributed by atoms with Crippen molar-refractivity contribution in [3.05, 3.63) is 48.8 Å². The van der Waals surface area contributed by atoms with Crippen molar-refractivity contribution in [1.82, 2.24) is 9.55 Å². The Bertz CT molecular complexity index is 565. The maximum Gasteiger partial charge on any atom is 0.132 e. The lowest BCUT2D eigenvalue weighted by atomic mass is 10.1. The van der Waals surface area contributed by atoms with Crippen LogP contribution in [0.4, 0.5) is 5.82 Å². The summed E-state index contributed by atoms with van der Waals surface area (Å²) < 4.78 is 2.09. The maximum atomic E-state index is 6.24. The first-order chi connectivity index (χ1) is 8.81. The molecule has 1 aromatic heterocycles. The number of allylic oxidation sites excluding steroid dienone is 1. The van der Waals surface area contributed by atoms with Crippen molar-refractivity contribution >= 4 is 5.82 Å². The first-order valence-electron chi connectivity index (χ1n) is 6.33. The Morgan fingerprint density at radius 2 is 2.06 bits per heavy atom. The van der Waals surface area contributed by atoms with Crippen molar-refractivity contribution in [2.75, 3.05) is 5.73 Å². The van der Waals surface area contributed by atoms with Gasteiger partial charge >= 0.3 is 0 Å². The summed E-state index contributed by atoms with van der Waals surface area (Å²) in [7, 11) is 0. The van der Waals surface area contributed by atoms with E-state index in [2.05, 4.69) is 11.1 Å². The van der Waals surface area contributed by atoms with Crippen LogP contribution >= 0.6 is 0 Å². The zero-order chi connectivity index (χ0) is 12.5. The molecule has 1 fully saturated rings. The Labute approximate surface area is 107 Å². The molecule has 92 valence electrons. The van der Waals surface area contributed by atoms with E-state index in [0.717, 1.165) is 29.4 Å². The van der Waals surface area contributed by atoms with Gasteiger partial charge in [0.1, 0.15) is 17.3 Å². The van der Waals surface area contributed by atoms with Gasteiger partial charge in [-0.05, 0) is 12.8 Å². The Hall–Kier alpha value is -2.03. The predicted molar refractivity (Wildman–Crippen MR) is 74.2 cm³/mol. The van der Waals surface area contributed by atoms with E-state index in [-0.39, 0.29) is 0 Å². The third kappa shape index (κ3) is 1.82. The lowest BCUT2D eigenvalue weighted by Crippen LogP contribution is -2.05. The zero-order valence-electron chi connectivity index (χ0n) is 10.3. The second kappa shape index (κ2) is 4.33. The molecule has 0 radical (unpaired) electrons. The molecule has 3 nitrogen and oxygen atoms in total. The first-order valence-corrected chi connectivity index (χ1v) is 6.33. The van der Waals surface area contributed by atoms with Crippen molar-refractivity contribution in [1.29, 1.82) is 0 Å². The highest BCUT2D eigenvalue weighted by Crippen LogP contribution is 2.42. The van der Waals surface area contributed by atoms with Crippen LogP contribution in [0.5, 0.6) is 0 Å². The highest BCUT2D eigenvalue weighted by Gasteiger charge is 2.30. The van der Waals surface area contributed by atoms with Gasteiger partial charge in [0.05, 0.1) is 0 Å². The molecule has 0 saturated heterocycles. The number of nitrogens with zero attached hydrogens (tertiary/aromatic N) is 2. The second-order valence-electron chi connectivity index (χ2n) is 4.74. The van der Waals surface area contributed by atoms with Gasteiger partial charge in [0, 0.05) is 18.0 Å². The standard InChI is InChI=1S/C15H17N3/c1-2-10-18-14(16)13(11-6-4-3-5-7-11)17-15(18)12-8-9-12/h2-7,12H,1,8-10,16H2. The van der Waals surface area contributed by atoms with Gasteiger partial charge in [-0.15, -0.1) is 6.58 Å². The summed E-state index contributed by atoms with van der Waals surface area (Å²) in [6.45, 7) is 4.53. The van der Waals surface area contributed by atoms with Crippen LogP contribution in [-0.2, 0) is 6.54 Å². The molecule has 0 spiro atoms. The van der Waals surface area contributed by atoms with E-state index in [4.69, 9.17) is 10.7 Å². The van der Waals surface area contributed by atoms with E-state index in [9.17, 15) is 0 Å². The molecule has 1 aromatic carbocycles. The van der Waals surface area contributed by atoms with Gasteiger partial charge in [-0.2, -0.15) is 0 Å². The van der Waals surface area contributed by atoms with Crippen LogP contribution in [0.25, 0.3) is 11.3 Å². The minimum atomic E-state index is 0.588. The van der Waals surface area contributed by atoms with Gasteiger partial charge in [0.2, 0.25) is 0 Å². The van der Waals surface area contributed by atoms with E-state index in [1.54, 1.807) is 0 Å². The van der Waals surface area contributed by atoms with Crippen molar-refractivity contribution in [2.24, 2.45) is 0 Å². The highest BCUT2D eigenvalue weighted by molar-refractivity contribution is 5.71. The smallest absolute Gasteiger partial charge is 0.132 e. The number of hydrogen-bond donors (Lipinski definition) is 1. The number of anilines is 1. The average molecular weight is 239 g/mol. The van der Waals surface area contributed by atoms with Gasteiger partial charge in [-0.25, -0.2) is 4.98 Å². The maximum absolute atomic E-state index is 6.24. The van der Waals surface area contributed by atoms with E-state index < -0.39 is 0 Å². The summed E-state index contributed by atoms with van der Waals surface area (Å²) in [5.41, 5.74) is 8.23. The molecule has 0 bridgehead atoms. The first kappa shape index (κ1) is 11.1. The Kier molecular flexibility index (Phi) is 2.67. The predicted octanol–water partition coefficient (Wildman–Crippen LogP) is 3.20. The van der Waals surface area contributed by atoms with Crippen LogP contribution in [0.3, 0.4) is 0 Å². The van der Waals surface area contributed by atoms with Gasteiger partial charge < -0.3 is 10.3 Å². The molecule has 1 heterocycles. The molecule has 18 heavy (non-hydrogen) atoms. The summed E-state index contributed by atoms with van der Waals surface area (Å²) in [4.78, 5) is 4.75. The van der Waals surface area contributed by atoms with Crippen LogP contribution in [0.15, 0.2) is 43.0 Å². The van der Waals surface area contributed by atoms with Crippen molar-refractivity contribution in [3.63, 3.8) is 0 Å². The van der Waals surface area contributed by atoms with Crippen LogP contribution in [0.1, 0.15) is 24.6 Å². The number of hydrogen-bond acceptors (Lipinski definition) is 2. The summed E-state index contributed by atoms with van der Waals surface area (Å²) in [6, 6.07) is 10.1. The summed E-state index contributed by atoms with van der Waals surface area (Å²) in [5.74, 6) is 2.46. The summed E-state index contributed by atoms with van der Waals surface area (Å²) in [6.07, 6.45) is 4.32. The fourth-order valence-corrected chi connectivity index (χ4v) is 2.27. The molecule has 1 aliphatic rings. The van der Waals surface area contributed by atoms with Crippen molar-refractivity contribution < 1.29 is 0 Å². The Balaban J connectivity index is 2.10. The van der Waals surface area contributed by atoms with Gasteiger partial charge in [-0.3, -0.25) is 0 Å². The van der Waals surface area contributed by atoms with Crippen LogP contribution in [0, 0.1) is 0 Å². The topological polar surface area (TPSA) is 43.8 Å². The minimum Gasteiger partial charge on any atom is -0.383 e. The number of nitrogens with two attached hydrogens (primary N) is 1. The number of imidazole rings is 1. The molecule has 0 unspecified atom stereocenters. The van der Waals surface area contributed by atoms with Crippen molar-refractivity contribution in [2.45, 2.75) is 25.3 Å². The molecule has 1 saturated carbocycles. The second-order valence-corrected chi connectivity index (χ2v) is 4.74. The molecular weight excluding hydrogens is 222 g/mol. The lowest BCUT2D eigenvalue weighted by Gasteiger charge is -2.05. The molecule has 2 aromatic rings. The lowest BCUT2D eigenvalue weighted by molar-refractivity contribution is 0.750. The van der Waals surface area contributed by atoms with E-state index >= 15 is 0 Å². The third-order valence-corrected chi connectivity index (χ3v) is 3.34. The largest absolute Gasteiger partial charge is 0.383 e. The van der Waals surface area contributed by atoms with Crippen LogP contribution in [0.2, 0.25) is 0 Å². The molecule has 3 rings (SSSR count). The quantitative estimate of drug-likeness (QED) is 0.833. The average Bonchev–Trinajstić information content (AvgIpc) is 3.19. The normalized spacial score (nSPS) is 14.7. The van der Waals surface area contributed by atoms with Gasteiger partial charge in [0.15, 0.2) is 0 Å². The molecule has 1 aliphatic carbocycles. The number of benzene rings is 1. The fraction of sp³-hybridized carbons (Fsp3) is 0.267. The molecule has 0 amide bonds. The Morgan fingerprint density at radius 3 is 2.67 bits per heavy atom. The molecule has 3 heteroatoms. The fourth-order valence-electron chi connectivity index (χ4n) is 2.27. The summed E-state index contributed by atoms with van der Waals surface area (Å²) >= 11 is 0. The molecule has 2 N–H and O–H groups in total. The summed E-state index contributed by atoms with van der Waals surface area (Å²) in [5, 5.41) is 0. The van der Waals surface area contributed by atoms with E-state index in [1.807, 2.05) is 36.4 Å². The van der Waals surface area contributed by atoms with Crippen LogP contribution in [-0.4, -0.2) is 9.55 Å². The number of nitrogen functional groups attached to an aromatic ring is 1. The van der Waals surface area contributed by atoms with E-state index in [0.29, 0.717) is 5.92 Å². The third-order valence-electron chi connectivity index (χ3n) is 3.34. The molecule has 0 atom stereocenters. The zero-order valence-corrected chi connectivity index (χ0v) is 10.3. The number of rotatable bonds is 4. The molecule has 0 aliphatic heterocycles. The van der Waals surface area contributed by atoms with E-state index in [1.165, 1.54) is 12.8 Å². The minimum absolute atomic E-state index is 0.588. The Morgan fingerprint density at radius 1 is 1.33 bits per heavy atom. The highest BCUT2D eigenvalue weighted by atomic mass is 15.1. The van der Waals surface area contributed by atoms with Gasteiger partial charge in [0.25, 0.3) is 0 Å². The monoisotopic (exact) mass is 239 g/mol.